The predicted octanol–water partition coefficient (Wildman–Crippen LogP) is 3.59. The Balaban J connectivity index is 1.60. The molecule has 3 rings (SSSR count). The molecule has 0 unspecified atom stereocenters. The molecule has 1 aliphatic carbocycles. The van der Waals surface area contributed by atoms with E-state index in [0.29, 0.717) is 19.6 Å². The monoisotopic (exact) mass is 398 g/mol. The van der Waals surface area contributed by atoms with Gasteiger partial charge >= 0.3 is 0 Å². The van der Waals surface area contributed by atoms with E-state index in [1.807, 2.05) is 43.3 Å². The lowest BCUT2D eigenvalue weighted by atomic mass is 10.00. The molecule has 0 heterocycles. The molecule has 0 aliphatic heterocycles. The van der Waals surface area contributed by atoms with Crippen molar-refractivity contribution in [3.63, 3.8) is 0 Å². The fourth-order valence-electron chi connectivity index (χ4n) is 2.93. The molecule has 1 fully saturated rings. The maximum atomic E-state index is 11.7. The van der Waals surface area contributed by atoms with E-state index < -0.39 is 0 Å². The highest BCUT2D eigenvalue weighted by Crippen LogP contribution is 2.28. The van der Waals surface area contributed by atoms with E-state index in [2.05, 4.69) is 28.1 Å². The van der Waals surface area contributed by atoms with E-state index in [1.54, 1.807) is 0 Å². The Morgan fingerprint density at radius 2 is 1.75 bits per heavy atom. The second kappa shape index (κ2) is 10.1. The van der Waals surface area contributed by atoms with Gasteiger partial charge in [0, 0.05) is 30.6 Å². The van der Waals surface area contributed by atoms with E-state index in [0.717, 1.165) is 47.1 Å². The highest BCUT2D eigenvalue weighted by Gasteiger charge is 2.28. The van der Waals surface area contributed by atoms with Crippen LogP contribution in [0.4, 0.5) is 0 Å². The third-order valence-electron chi connectivity index (χ3n) is 4.59. The predicted molar refractivity (Wildman–Crippen MR) is 115 cm³/mol. The summed E-state index contributed by atoms with van der Waals surface area (Å²) in [6.45, 7) is 4.61. The number of hydrogen-bond donors (Lipinski definition) is 3. The van der Waals surface area contributed by atoms with Gasteiger partial charge < -0.3 is 16.0 Å². The number of carbonyl (C=O) groups excluding carboxylic acids is 1. The minimum Gasteiger partial charge on any atom is -0.357 e. The molecule has 1 saturated carbocycles. The van der Waals surface area contributed by atoms with Crippen LogP contribution in [0.2, 0.25) is 5.02 Å². The summed E-state index contributed by atoms with van der Waals surface area (Å²) in [6.07, 6.45) is 2.05. The molecule has 0 aromatic heterocycles. The van der Waals surface area contributed by atoms with E-state index >= 15 is 0 Å². The highest BCUT2D eigenvalue weighted by molar-refractivity contribution is 6.30. The first kappa shape index (κ1) is 20.2. The first-order valence-corrected chi connectivity index (χ1v) is 10.2. The number of amides is 1. The SMILES string of the molecule is CCNC(=NCc1ccccc1-c1ccc(Cl)cc1)NCCNC(=O)C1CC1. The third-order valence-corrected chi connectivity index (χ3v) is 4.84. The smallest absolute Gasteiger partial charge is 0.223 e. The van der Waals surface area contributed by atoms with Crippen molar-refractivity contribution in [3.05, 3.63) is 59.1 Å². The van der Waals surface area contributed by atoms with Crippen LogP contribution >= 0.6 is 11.6 Å². The van der Waals surface area contributed by atoms with Gasteiger partial charge in [-0.2, -0.15) is 0 Å². The molecule has 0 radical (unpaired) electrons. The zero-order valence-corrected chi connectivity index (χ0v) is 16.9. The van der Waals surface area contributed by atoms with Crippen LogP contribution < -0.4 is 16.0 Å². The number of nitrogens with zero attached hydrogens (tertiary/aromatic N) is 1. The van der Waals surface area contributed by atoms with Crippen molar-refractivity contribution in [3.8, 4) is 11.1 Å². The second-order valence-corrected chi connectivity index (χ2v) is 7.29. The molecular formula is C22H27ClN4O. The number of carbonyl (C=O) groups is 1. The van der Waals surface area contributed by atoms with Crippen molar-refractivity contribution in [2.75, 3.05) is 19.6 Å². The van der Waals surface area contributed by atoms with Crippen LogP contribution in [-0.4, -0.2) is 31.5 Å². The number of halogens is 1. The fourth-order valence-corrected chi connectivity index (χ4v) is 3.06. The second-order valence-electron chi connectivity index (χ2n) is 6.85. The average molecular weight is 399 g/mol. The van der Waals surface area contributed by atoms with Crippen LogP contribution in [0.1, 0.15) is 25.3 Å². The van der Waals surface area contributed by atoms with Crippen molar-refractivity contribution in [2.24, 2.45) is 10.9 Å². The molecule has 2 aromatic carbocycles. The van der Waals surface area contributed by atoms with Gasteiger partial charge in [0.2, 0.25) is 5.91 Å². The molecule has 0 bridgehead atoms. The number of hydrogen-bond acceptors (Lipinski definition) is 2. The van der Waals surface area contributed by atoms with Crippen LogP contribution in [0.3, 0.4) is 0 Å². The maximum Gasteiger partial charge on any atom is 0.223 e. The molecule has 148 valence electrons. The van der Waals surface area contributed by atoms with Gasteiger partial charge in [-0.3, -0.25) is 4.79 Å². The van der Waals surface area contributed by atoms with Gasteiger partial charge in [-0.25, -0.2) is 4.99 Å². The van der Waals surface area contributed by atoms with E-state index in [9.17, 15) is 4.79 Å². The quantitative estimate of drug-likeness (QED) is 0.361. The summed E-state index contributed by atoms with van der Waals surface area (Å²) in [5, 5.41) is 10.2. The van der Waals surface area contributed by atoms with Crippen LogP contribution in [0.15, 0.2) is 53.5 Å². The zero-order valence-electron chi connectivity index (χ0n) is 16.2. The van der Waals surface area contributed by atoms with Crippen LogP contribution in [0.25, 0.3) is 11.1 Å². The number of rotatable bonds is 8. The van der Waals surface area contributed by atoms with Crippen LogP contribution in [0.5, 0.6) is 0 Å². The van der Waals surface area contributed by atoms with Crippen molar-refractivity contribution in [2.45, 2.75) is 26.3 Å². The molecule has 2 aromatic rings. The molecule has 0 atom stereocenters. The minimum atomic E-state index is 0.167. The summed E-state index contributed by atoms with van der Waals surface area (Å²) < 4.78 is 0. The van der Waals surface area contributed by atoms with Crippen molar-refractivity contribution in [1.82, 2.24) is 16.0 Å². The van der Waals surface area contributed by atoms with Gasteiger partial charge in [0.25, 0.3) is 0 Å². The molecule has 6 heteroatoms. The third kappa shape index (κ3) is 5.99. The summed E-state index contributed by atoms with van der Waals surface area (Å²) in [5.41, 5.74) is 3.41. The molecule has 28 heavy (non-hydrogen) atoms. The van der Waals surface area contributed by atoms with Gasteiger partial charge in [-0.05, 0) is 48.6 Å². The van der Waals surface area contributed by atoms with Crippen LogP contribution in [0, 0.1) is 5.92 Å². The molecule has 3 N–H and O–H groups in total. The highest BCUT2D eigenvalue weighted by atomic mass is 35.5. The number of aliphatic imine (C=N–C) groups is 1. The van der Waals surface area contributed by atoms with E-state index in [4.69, 9.17) is 16.6 Å². The summed E-state index contributed by atoms with van der Waals surface area (Å²) in [6, 6.07) is 16.1. The standard InChI is InChI=1S/C22H27ClN4O/c1-2-24-22(26-14-13-25-21(28)17-7-8-17)27-15-18-5-3-4-6-20(18)16-9-11-19(23)12-10-16/h3-6,9-12,17H,2,7-8,13-15H2,1H3,(H,25,28)(H2,24,26,27). The summed E-state index contributed by atoms with van der Waals surface area (Å²) >= 11 is 6.01. The summed E-state index contributed by atoms with van der Waals surface area (Å²) in [7, 11) is 0. The Morgan fingerprint density at radius 1 is 1.04 bits per heavy atom. The fraction of sp³-hybridized carbons (Fsp3) is 0.364. The summed E-state index contributed by atoms with van der Waals surface area (Å²) in [4.78, 5) is 16.4. The Bertz CT molecular complexity index is 816. The molecule has 0 saturated heterocycles. The topological polar surface area (TPSA) is 65.5 Å². The van der Waals surface area contributed by atoms with Gasteiger partial charge in [-0.15, -0.1) is 0 Å². The van der Waals surface area contributed by atoms with Gasteiger partial charge in [0.1, 0.15) is 0 Å². The average Bonchev–Trinajstić information content (AvgIpc) is 3.55. The molecule has 1 amide bonds. The molecular weight excluding hydrogens is 372 g/mol. The molecule has 0 spiro atoms. The van der Waals surface area contributed by atoms with Crippen molar-refractivity contribution in [1.29, 1.82) is 0 Å². The largest absolute Gasteiger partial charge is 0.357 e. The minimum absolute atomic E-state index is 0.167. The Kier molecular flexibility index (Phi) is 7.31. The Morgan fingerprint density at radius 3 is 2.46 bits per heavy atom. The van der Waals surface area contributed by atoms with E-state index in [-0.39, 0.29) is 11.8 Å². The Hall–Kier alpha value is -2.53. The Labute approximate surface area is 171 Å². The van der Waals surface area contributed by atoms with Gasteiger partial charge in [0.15, 0.2) is 5.96 Å². The number of benzene rings is 2. The van der Waals surface area contributed by atoms with Crippen LogP contribution in [-0.2, 0) is 11.3 Å². The lowest BCUT2D eigenvalue weighted by molar-refractivity contribution is -0.122. The maximum absolute atomic E-state index is 11.7. The van der Waals surface area contributed by atoms with Gasteiger partial charge in [0.05, 0.1) is 6.54 Å². The molecule has 1 aliphatic rings. The first-order chi connectivity index (χ1) is 13.7. The normalized spacial score (nSPS) is 13.9. The number of guanidine groups is 1. The summed E-state index contributed by atoms with van der Waals surface area (Å²) in [5.74, 6) is 1.15. The van der Waals surface area contributed by atoms with Crippen molar-refractivity contribution < 1.29 is 4.79 Å². The lowest BCUT2D eigenvalue weighted by Crippen LogP contribution is -2.41. The van der Waals surface area contributed by atoms with Crippen molar-refractivity contribution >= 4 is 23.5 Å². The number of nitrogens with one attached hydrogen (secondary N) is 3. The lowest BCUT2D eigenvalue weighted by Gasteiger charge is -2.13. The first-order valence-electron chi connectivity index (χ1n) is 9.81. The zero-order chi connectivity index (χ0) is 19.8. The van der Waals surface area contributed by atoms with Gasteiger partial charge in [-0.1, -0.05) is 48.0 Å². The molecule has 5 nitrogen and oxygen atoms in total. The van der Waals surface area contributed by atoms with E-state index in [1.165, 1.54) is 0 Å².